The minimum atomic E-state index is -3.90. The van der Waals surface area contributed by atoms with Crippen LogP contribution in [-0.4, -0.2) is 63.4 Å². The fraction of sp³-hybridized carbons (Fsp3) is 0.900. The summed E-state index contributed by atoms with van der Waals surface area (Å²) >= 11 is 0. The highest BCUT2D eigenvalue weighted by Gasteiger charge is 2.47. The van der Waals surface area contributed by atoms with E-state index in [0.717, 1.165) is 0 Å². The minimum absolute atomic E-state index is 0.00573. The van der Waals surface area contributed by atoms with Gasteiger partial charge in [-0.2, -0.15) is 4.72 Å². The highest BCUT2D eigenvalue weighted by molar-refractivity contribution is 7.92. The van der Waals surface area contributed by atoms with E-state index in [-0.39, 0.29) is 44.0 Å². The molecular weight excluding hydrogens is 310 g/mol. The number of carboxylic acids is 1. The average molecular weight is 327 g/mol. The summed E-state index contributed by atoms with van der Waals surface area (Å²) in [5, 5.41) is 8.33. The van der Waals surface area contributed by atoms with E-state index >= 15 is 0 Å². The average Bonchev–Trinajstić information content (AvgIpc) is 2.77. The number of ether oxygens (including phenoxy) is 1. The first-order valence-electron chi connectivity index (χ1n) is 6.21. The second-order valence-corrected chi connectivity index (χ2v) is 9.45. The molecule has 0 radical (unpaired) electrons. The Morgan fingerprint density at radius 1 is 1.30 bits per heavy atom. The molecule has 2 aliphatic rings. The van der Waals surface area contributed by atoms with E-state index < -0.39 is 36.6 Å². The van der Waals surface area contributed by atoms with E-state index in [0.29, 0.717) is 0 Å². The zero-order chi connectivity index (χ0) is 15.0. The first-order chi connectivity index (χ1) is 9.17. The fourth-order valence-electron chi connectivity index (χ4n) is 2.39. The Morgan fingerprint density at radius 2 is 1.90 bits per heavy atom. The third kappa shape index (κ3) is 3.13. The Labute approximate surface area is 117 Å². The van der Waals surface area contributed by atoms with Crippen molar-refractivity contribution in [2.45, 2.75) is 30.1 Å². The van der Waals surface area contributed by atoms with Crippen LogP contribution in [0.15, 0.2) is 0 Å². The van der Waals surface area contributed by atoms with Crippen molar-refractivity contribution in [2.75, 3.05) is 24.7 Å². The number of sulfone groups is 1. The van der Waals surface area contributed by atoms with Crippen LogP contribution in [0.2, 0.25) is 0 Å². The van der Waals surface area contributed by atoms with Crippen LogP contribution in [0.4, 0.5) is 0 Å². The monoisotopic (exact) mass is 327 g/mol. The topological polar surface area (TPSA) is 127 Å². The van der Waals surface area contributed by atoms with Gasteiger partial charge in [0.05, 0.1) is 23.4 Å². The Balaban J connectivity index is 2.13. The normalized spacial score (nSPS) is 31.2. The van der Waals surface area contributed by atoms with Crippen molar-refractivity contribution in [2.24, 2.45) is 0 Å². The molecule has 2 fully saturated rings. The molecule has 0 saturated carbocycles. The SMILES string of the molecule is O=C(O)C1(NS(=O)(=O)C2CCS(=O)(=O)CC2)CCOC1. The molecule has 2 heterocycles. The summed E-state index contributed by atoms with van der Waals surface area (Å²) in [7, 11) is -7.06. The van der Waals surface area contributed by atoms with Crippen molar-refractivity contribution >= 4 is 25.8 Å². The summed E-state index contributed by atoms with van der Waals surface area (Å²) in [6.07, 6.45) is 0.0506. The van der Waals surface area contributed by atoms with Gasteiger partial charge >= 0.3 is 5.97 Å². The maximum Gasteiger partial charge on any atom is 0.327 e. The summed E-state index contributed by atoms with van der Waals surface area (Å²) in [6, 6.07) is 0. The maximum absolute atomic E-state index is 12.2. The number of carbonyl (C=O) groups is 1. The zero-order valence-corrected chi connectivity index (χ0v) is 12.4. The van der Waals surface area contributed by atoms with Gasteiger partial charge in [-0.15, -0.1) is 0 Å². The van der Waals surface area contributed by atoms with Crippen molar-refractivity contribution in [3.05, 3.63) is 0 Å². The molecule has 2 N–H and O–H groups in total. The van der Waals surface area contributed by atoms with E-state index in [1.807, 2.05) is 0 Å². The standard InChI is InChI=1S/C10H17NO7S2/c12-9(13)10(3-4-18-7-10)11-20(16,17)8-1-5-19(14,15)6-2-8/h8,11H,1-7H2,(H,12,13). The Morgan fingerprint density at radius 3 is 2.35 bits per heavy atom. The van der Waals surface area contributed by atoms with E-state index in [4.69, 9.17) is 4.74 Å². The quantitative estimate of drug-likeness (QED) is 0.659. The van der Waals surface area contributed by atoms with Gasteiger partial charge in [0.25, 0.3) is 0 Å². The zero-order valence-electron chi connectivity index (χ0n) is 10.7. The molecular formula is C10H17NO7S2. The predicted molar refractivity (Wildman–Crippen MR) is 69.5 cm³/mol. The van der Waals surface area contributed by atoms with Gasteiger partial charge in [-0.25, -0.2) is 16.8 Å². The minimum Gasteiger partial charge on any atom is -0.480 e. The van der Waals surface area contributed by atoms with Crippen LogP contribution >= 0.6 is 0 Å². The number of carboxylic acid groups (broad SMARTS) is 1. The molecule has 0 aromatic heterocycles. The first kappa shape index (κ1) is 15.7. The molecule has 1 unspecified atom stereocenters. The molecule has 20 heavy (non-hydrogen) atoms. The van der Waals surface area contributed by atoms with Crippen LogP contribution in [0.1, 0.15) is 19.3 Å². The number of hydrogen-bond acceptors (Lipinski definition) is 6. The molecule has 8 nitrogen and oxygen atoms in total. The first-order valence-corrected chi connectivity index (χ1v) is 9.58. The Bertz CT molecular complexity index is 575. The lowest BCUT2D eigenvalue weighted by Gasteiger charge is -2.28. The van der Waals surface area contributed by atoms with Crippen LogP contribution in [0.3, 0.4) is 0 Å². The number of aliphatic carboxylic acids is 1. The molecule has 2 saturated heterocycles. The van der Waals surface area contributed by atoms with Crippen LogP contribution in [0, 0.1) is 0 Å². The number of sulfonamides is 1. The molecule has 2 rings (SSSR count). The van der Waals surface area contributed by atoms with Crippen LogP contribution in [-0.2, 0) is 29.4 Å². The van der Waals surface area contributed by atoms with Gasteiger partial charge in [0.15, 0.2) is 5.54 Å². The Hall–Kier alpha value is -0.710. The van der Waals surface area contributed by atoms with Crippen LogP contribution < -0.4 is 4.72 Å². The third-order valence-electron chi connectivity index (χ3n) is 3.71. The molecule has 0 aromatic carbocycles. The number of hydrogen-bond donors (Lipinski definition) is 2. The molecule has 116 valence electrons. The summed E-state index contributed by atoms with van der Waals surface area (Å²) in [5.74, 6) is -1.65. The fourth-order valence-corrected chi connectivity index (χ4v) is 6.00. The second kappa shape index (κ2) is 5.24. The van der Waals surface area contributed by atoms with Crippen LogP contribution in [0.25, 0.3) is 0 Å². The highest BCUT2D eigenvalue weighted by atomic mass is 32.2. The summed E-state index contributed by atoms with van der Waals surface area (Å²) in [5.41, 5.74) is -1.63. The lowest BCUT2D eigenvalue weighted by Crippen LogP contribution is -2.57. The van der Waals surface area contributed by atoms with Crippen molar-refractivity contribution < 1.29 is 31.5 Å². The lowest BCUT2D eigenvalue weighted by molar-refractivity contribution is -0.144. The highest BCUT2D eigenvalue weighted by Crippen LogP contribution is 2.24. The van der Waals surface area contributed by atoms with Crippen molar-refractivity contribution in [3.63, 3.8) is 0 Å². The number of nitrogens with one attached hydrogen (secondary N) is 1. The smallest absolute Gasteiger partial charge is 0.327 e. The van der Waals surface area contributed by atoms with Crippen molar-refractivity contribution in [3.8, 4) is 0 Å². The summed E-state index contributed by atoms with van der Waals surface area (Å²) in [4.78, 5) is 11.3. The van der Waals surface area contributed by atoms with Gasteiger partial charge in [0.2, 0.25) is 10.0 Å². The van der Waals surface area contributed by atoms with Gasteiger partial charge in [-0.1, -0.05) is 0 Å². The molecule has 0 amide bonds. The summed E-state index contributed by atoms with van der Waals surface area (Å²) in [6.45, 7) is -0.0412. The van der Waals surface area contributed by atoms with E-state index in [9.17, 15) is 26.7 Å². The molecule has 0 spiro atoms. The molecule has 1 atom stereocenters. The van der Waals surface area contributed by atoms with Gasteiger partial charge < -0.3 is 9.84 Å². The second-order valence-electron chi connectivity index (χ2n) is 5.19. The summed E-state index contributed by atoms with van der Waals surface area (Å²) < 4.78 is 54.3. The largest absolute Gasteiger partial charge is 0.480 e. The lowest BCUT2D eigenvalue weighted by atomic mass is 10.0. The third-order valence-corrected chi connectivity index (χ3v) is 7.45. The maximum atomic E-state index is 12.2. The van der Waals surface area contributed by atoms with E-state index in [2.05, 4.69) is 4.72 Å². The van der Waals surface area contributed by atoms with Gasteiger partial charge in [0.1, 0.15) is 9.84 Å². The van der Waals surface area contributed by atoms with E-state index in [1.54, 1.807) is 0 Å². The molecule has 2 aliphatic heterocycles. The van der Waals surface area contributed by atoms with Crippen molar-refractivity contribution in [1.82, 2.24) is 4.72 Å². The molecule has 0 aromatic rings. The predicted octanol–water partition coefficient (Wildman–Crippen LogP) is -1.27. The molecule has 0 aliphatic carbocycles. The molecule has 10 heteroatoms. The molecule has 0 bridgehead atoms. The van der Waals surface area contributed by atoms with Crippen molar-refractivity contribution in [1.29, 1.82) is 0 Å². The van der Waals surface area contributed by atoms with E-state index in [1.165, 1.54) is 0 Å². The number of rotatable bonds is 4. The van der Waals surface area contributed by atoms with Gasteiger partial charge in [-0.3, -0.25) is 4.79 Å². The van der Waals surface area contributed by atoms with Gasteiger partial charge in [0, 0.05) is 13.0 Å². The Kier molecular flexibility index (Phi) is 4.11. The van der Waals surface area contributed by atoms with Gasteiger partial charge in [-0.05, 0) is 12.8 Å². The van der Waals surface area contributed by atoms with Crippen LogP contribution in [0.5, 0.6) is 0 Å².